The van der Waals surface area contributed by atoms with Crippen molar-refractivity contribution in [2.24, 2.45) is 11.8 Å². The van der Waals surface area contributed by atoms with Crippen LogP contribution in [0.3, 0.4) is 0 Å². The fourth-order valence-corrected chi connectivity index (χ4v) is 2.83. The largest absolute Gasteiger partial charge is 0.381 e. The molecule has 2 rings (SSSR count). The molecule has 1 heterocycles. The molecule has 1 aliphatic carbocycles. The second-order valence-electron chi connectivity index (χ2n) is 6.62. The van der Waals surface area contributed by atoms with Crippen LogP contribution in [0, 0.1) is 11.8 Å². The fourth-order valence-electron chi connectivity index (χ4n) is 2.83. The quantitative estimate of drug-likeness (QED) is 0.685. The lowest BCUT2D eigenvalue weighted by atomic mass is 9.95. The van der Waals surface area contributed by atoms with E-state index < -0.39 is 0 Å². The van der Waals surface area contributed by atoms with Crippen LogP contribution in [-0.4, -0.2) is 49.8 Å². The highest BCUT2D eigenvalue weighted by molar-refractivity contribution is 4.86. The third-order valence-electron chi connectivity index (χ3n) is 4.85. The van der Waals surface area contributed by atoms with E-state index in [0.717, 1.165) is 31.6 Å². The van der Waals surface area contributed by atoms with Crippen molar-refractivity contribution in [1.29, 1.82) is 0 Å². The first kappa shape index (κ1) is 15.3. The van der Waals surface area contributed by atoms with Crippen LogP contribution in [0.2, 0.25) is 0 Å². The molecule has 112 valence electrons. The van der Waals surface area contributed by atoms with Gasteiger partial charge < -0.3 is 10.1 Å². The molecule has 19 heavy (non-hydrogen) atoms. The minimum absolute atomic E-state index is 0.670. The Morgan fingerprint density at radius 1 is 1.37 bits per heavy atom. The maximum atomic E-state index is 5.74. The van der Waals surface area contributed by atoms with Gasteiger partial charge in [0.2, 0.25) is 0 Å². The van der Waals surface area contributed by atoms with Crippen molar-refractivity contribution in [3.63, 3.8) is 0 Å². The van der Waals surface area contributed by atoms with E-state index in [2.05, 4.69) is 31.0 Å². The zero-order valence-electron chi connectivity index (χ0n) is 13.0. The molecule has 1 saturated heterocycles. The summed E-state index contributed by atoms with van der Waals surface area (Å²) < 4.78 is 5.74. The number of nitrogens with one attached hydrogen (secondary N) is 1. The predicted octanol–water partition coefficient (Wildman–Crippen LogP) is 2.51. The molecule has 2 aliphatic rings. The zero-order valence-corrected chi connectivity index (χ0v) is 13.0. The van der Waals surface area contributed by atoms with Crippen molar-refractivity contribution in [1.82, 2.24) is 10.2 Å². The van der Waals surface area contributed by atoms with E-state index in [-0.39, 0.29) is 0 Å². The van der Waals surface area contributed by atoms with E-state index in [1.165, 1.54) is 38.8 Å². The molecule has 1 aliphatic heterocycles. The molecular weight excluding hydrogens is 236 g/mol. The molecule has 3 heteroatoms. The van der Waals surface area contributed by atoms with Crippen LogP contribution in [-0.2, 0) is 4.74 Å². The van der Waals surface area contributed by atoms with E-state index in [4.69, 9.17) is 4.74 Å². The van der Waals surface area contributed by atoms with Gasteiger partial charge in [-0.3, -0.25) is 4.90 Å². The van der Waals surface area contributed by atoms with Crippen LogP contribution in [0.1, 0.15) is 46.5 Å². The normalized spacial score (nSPS) is 30.5. The molecule has 0 radical (unpaired) electrons. The van der Waals surface area contributed by atoms with Crippen LogP contribution in [0.15, 0.2) is 0 Å². The summed E-state index contributed by atoms with van der Waals surface area (Å²) in [6, 6.07) is 1.34. The van der Waals surface area contributed by atoms with Crippen molar-refractivity contribution in [2.45, 2.75) is 58.5 Å². The van der Waals surface area contributed by atoms with E-state index in [0.29, 0.717) is 12.1 Å². The third kappa shape index (κ3) is 5.05. The first-order valence-corrected chi connectivity index (χ1v) is 8.25. The summed E-state index contributed by atoms with van der Waals surface area (Å²) in [6.45, 7) is 12.5. The molecule has 0 amide bonds. The molecule has 0 bridgehead atoms. The number of nitrogens with zero attached hydrogens (tertiary/aromatic N) is 1. The van der Waals surface area contributed by atoms with E-state index in [1.807, 2.05) is 0 Å². The molecule has 3 unspecified atom stereocenters. The molecule has 0 aromatic heterocycles. The number of hydrogen-bond acceptors (Lipinski definition) is 3. The smallest absolute Gasteiger partial charge is 0.0494 e. The first-order chi connectivity index (χ1) is 9.20. The lowest BCUT2D eigenvalue weighted by Gasteiger charge is -2.41. The molecule has 2 fully saturated rings. The summed E-state index contributed by atoms with van der Waals surface area (Å²) in [7, 11) is 0. The molecule has 3 atom stereocenters. The van der Waals surface area contributed by atoms with Crippen LogP contribution >= 0.6 is 0 Å². The van der Waals surface area contributed by atoms with Crippen molar-refractivity contribution in [3.05, 3.63) is 0 Å². The highest BCUT2D eigenvalue weighted by Crippen LogP contribution is 2.28. The second kappa shape index (κ2) is 7.61. The molecule has 3 nitrogen and oxygen atoms in total. The molecule has 0 aromatic rings. The van der Waals surface area contributed by atoms with Crippen molar-refractivity contribution in [2.75, 3.05) is 32.8 Å². The highest BCUT2D eigenvalue weighted by Gasteiger charge is 2.27. The highest BCUT2D eigenvalue weighted by atomic mass is 16.5. The van der Waals surface area contributed by atoms with Gasteiger partial charge >= 0.3 is 0 Å². The number of piperazine rings is 1. The standard InChI is InChI=1S/C16H32N2O/c1-4-13(2)16-11-18(14(3)10-17-16)8-5-9-19-12-15-6-7-15/h13-17H,4-12H2,1-3H3. The van der Waals surface area contributed by atoms with E-state index >= 15 is 0 Å². The Kier molecular flexibility index (Phi) is 6.11. The Balaban J connectivity index is 1.61. The van der Waals surface area contributed by atoms with Crippen molar-refractivity contribution >= 4 is 0 Å². The van der Waals surface area contributed by atoms with Gasteiger partial charge in [-0.05, 0) is 38.0 Å². The Hall–Kier alpha value is -0.120. The molecule has 0 spiro atoms. The maximum Gasteiger partial charge on any atom is 0.0494 e. The lowest BCUT2D eigenvalue weighted by Crippen LogP contribution is -2.57. The minimum atomic E-state index is 0.670. The summed E-state index contributed by atoms with van der Waals surface area (Å²) in [6.07, 6.45) is 5.24. The van der Waals surface area contributed by atoms with Gasteiger partial charge in [0.1, 0.15) is 0 Å². The van der Waals surface area contributed by atoms with Gasteiger partial charge in [0.15, 0.2) is 0 Å². The van der Waals surface area contributed by atoms with Gasteiger partial charge in [-0.25, -0.2) is 0 Å². The SMILES string of the molecule is CCC(C)C1CN(CCCOCC2CC2)C(C)CN1. The zero-order chi connectivity index (χ0) is 13.7. The predicted molar refractivity (Wildman–Crippen MR) is 80.4 cm³/mol. The number of hydrogen-bond donors (Lipinski definition) is 1. The van der Waals surface area contributed by atoms with Crippen molar-refractivity contribution < 1.29 is 4.74 Å². The maximum absolute atomic E-state index is 5.74. The minimum Gasteiger partial charge on any atom is -0.381 e. The summed E-state index contributed by atoms with van der Waals surface area (Å²) in [5.41, 5.74) is 0. The van der Waals surface area contributed by atoms with Gasteiger partial charge in [-0.15, -0.1) is 0 Å². The topological polar surface area (TPSA) is 24.5 Å². The Bertz CT molecular complexity index is 255. The Morgan fingerprint density at radius 3 is 2.84 bits per heavy atom. The number of ether oxygens (including phenoxy) is 1. The third-order valence-corrected chi connectivity index (χ3v) is 4.85. The summed E-state index contributed by atoms with van der Waals surface area (Å²) in [5.74, 6) is 1.68. The van der Waals surface area contributed by atoms with Gasteiger partial charge in [0.25, 0.3) is 0 Å². The van der Waals surface area contributed by atoms with Crippen LogP contribution in [0.25, 0.3) is 0 Å². The van der Waals surface area contributed by atoms with Gasteiger partial charge in [0, 0.05) is 44.9 Å². The van der Waals surface area contributed by atoms with Crippen molar-refractivity contribution in [3.8, 4) is 0 Å². The average molecular weight is 268 g/mol. The summed E-state index contributed by atoms with van der Waals surface area (Å²) >= 11 is 0. The fraction of sp³-hybridized carbons (Fsp3) is 1.00. The monoisotopic (exact) mass is 268 g/mol. The van der Waals surface area contributed by atoms with Gasteiger partial charge in [-0.1, -0.05) is 20.3 Å². The Morgan fingerprint density at radius 2 is 2.16 bits per heavy atom. The number of rotatable bonds is 8. The van der Waals surface area contributed by atoms with Crippen LogP contribution < -0.4 is 5.32 Å². The molecular formula is C16H32N2O. The van der Waals surface area contributed by atoms with Crippen LogP contribution in [0.5, 0.6) is 0 Å². The first-order valence-electron chi connectivity index (χ1n) is 8.25. The molecule has 0 aromatic carbocycles. The van der Waals surface area contributed by atoms with Gasteiger partial charge in [0.05, 0.1) is 0 Å². The van der Waals surface area contributed by atoms with Crippen LogP contribution in [0.4, 0.5) is 0 Å². The average Bonchev–Trinajstić information content (AvgIpc) is 3.23. The second-order valence-corrected chi connectivity index (χ2v) is 6.62. The Labute approximate surface area is 119 Å². The molecule has 1 N–H and O–H groups in total. The lowest BCUT2D eigenvalue weighted by molar-refractivity contribution is 0.0844. The summed E-state index contributed by atoms with van der Waals surface area (Å²) in [4.78, 5) is 2.65. The van der Waals surface area contributed by atoms with E-state index in [1.54, 1.807) is 0 Å². The van der Waals surface area contributed by atoms with E-state index in [9.17, 15) is 0 Å². The molecule has 1 saturated carbocycles. The summed E-state index contributed by atoms with van der Waals surface area (Å²) in [5, 5.41) is 3.70. The van der Waals surface area contributed by atoms with Gasteiger partial charge in [-0.2, -0.15) is 0 Å².